The van der Waals surface area contributed by atoms with Crippen molar-refractivity contribution in [2.75, 3.05) is 18.0 Å². The third-order valence-electron chi connectivity index (χ3n) is 4.57. The molecule has 2 aromatic heterocycles. The van der Waals surface area contributed by atoms with Gasteiger partial charge in [0.05, 0.1) is 0 Å². The smallest absolute Gasteiger partial charge is 0.250 e. The summed E-state index contributed by atoms with van der Waals surface area (Å²) in [5, 5.41) is 0. The highest BCUT2D eigenvalue weighted by Crippen LogP contribution is 2.29. The van der Waals surface area contributed by atoms with Crippen LogP contribution in [0.5, 0.6) is 0 Å². The molecule has 1 aliphatic rings. The van der Waals surface area contributed by atoms with Crippen molar-refractivity contribution in [1.29, 1.82) is 0 Å². The van der Waals surface area contributed by atoms with Crippen molar-refractivity contribution >= 4 is 11.6 Å². The molecule has 23 heavy (non-hydrogen) atoms. The Bertz CT molecular complexity index is 757. The van der Waals surface area contributed by atoms with Gasteiger partial charge in [-0.25, -0.2) is 4.98 Å². The molecule has 0 N–H and O–H groups in total. The van der Waals surface area contributed by atoms with Crippen LogP contribution in [0.3, 0.4) is 0 Å². The Balaban J connectivity index is 1.67. The SMILES string of the molecule is CC(=O)c1ccc(N2CCC(c3ccn(C)c(=O)c3)CC2)nc1. The third-order valence-corrected chi connectivity index (χ3v) is 4.57. The fourth-order valence-electron chi connectivity index (χ4n) is 3.04. The van der Waals surface area contributed by atoms with Gasteiger partial charge in [0.2, 0.25) is 0 Å². The van der Waals surface area contributed by atoms with Crippen molar-refractivity contribution in [3.05, 3.63) is 58.1 Å². The lowest BCUT2D eigenvalue weighted by Crippen LogP contribution is -2.33. The van der Waals surface area contributed by atoms with E-state index in [1.807, 2.05) is 24.4 Å². The zero-order valence-electron chi connectivity index (χ0n) is 13.5. The first-order valence-corrected chi connectivity index (χ1v) is 7.93. The molecule has 3 rings (SSSR count). The van der Waals surface area contributed by atoms with Crippen LogP contribution in [0.25, 0.3) is 0 Å². The summed E-state index contributed by atoms with van der Waals surface area (Å²) < 4.78 is 1.60. The van der Waals surface area contributed by atoms with Crippen molar-refractivity contribution < 1.29 is 4.79 Å². The minimum Gasteiger partial charge on any atom is -0.357 e. The van der Waals surface area contributed by atoms with Gasteiger partial charge in [0.15, 0.2) is 5.78 Å². The van der Waals surface area contributed by atoms with E-state index >= 15 is 0 Å². The van der Waals surface area contributed by atoms with Gasteiger partial charge in [0.1, 0.15) is 5.82 Å². The van der Waals surface area contributed by atoms with E-state index in [9.17, 15) is 9.59 Å². The standard InChI is InChI=1S/C18H21N3O2/c1-13(22)16-3-4-17(19-12-16)21-9-6-14(7-10-21)15-5-8-20(2)18(23)11-15/h3-5,8,11-12,14H,6-7,9-10H2,1-2H3. The number of anilines is 1. The quantitative estimate of drug-likeness (QED) is 0.817. The number of piperidine rings is 1. The molecule has 0 aromatic carbocycles. The highest BCUT2D eigenvalue weighted by molar-refractivity contribution is 5.93. The van der Waals surface area contributed by atoms with Crippen molar-refractivity contribution in [3.8, 4) is 0 Å². The summed E-state index contributed by atoms with van der Waals surface area (Å²) in [5.74, 6) is 1.38. The van der Waals surface area contributed by atoms with Crippen LogP contribution in [0.4, 0.5) is 5.82 Å². The maximum Gasteiger partial charge on any atom is 0.250 e. The van der Waals surface area contributed by atoms with E-state index in [2.05, 4.69) is 9.88 Å². The lowest BCUT2D eigenvalue weighted by atomic mass is 9.90. The molecule has 0 aliphatic carbocycles. The van der Waals surface area contributed by atoms with Crippen LogP contribution in [0, 0.1) is 0 Å². The first kappa shape index (κ1) is 15.5. The van der Waals surface area contributed by atoms with E-state index < -0.39 is 0 Å². The maximum absolute atomic E-state index is 11.8. The second-order valence-corrected chi connectivity index (χ2v) is 6.13. The summed E-state index contributed by atoms with van der Waals surface area (Å²) in [6.45, 7) is 3.37. The molecule has 0 radical (unpaired) electrons. The number of nitrogens with zero attached hydrogens (tertiary/aromatic N) is 3. The third kappa shape index (κ3) is 3.33. The number of carbonyl (C=O) groups is 1. The van der Waals surface area contributed by atoms with Gasteiger partial charge in [0, 0.05) is 44.2 Å². The van der Waals surface area contributed by atoms with E-state index in [4.69, 9.17) is 0 Å². The molecular formula is C18H21N3O2. The van der Waals surface area contributed by atoms with Crippen LogP contribution in [0.2, 0.25) is 0 Å². The largest absolute Gasteiger partial charge is 0.357 e. The molecule has 0 saturated carbocycles. The fraction of sp³-hybridized carbons (Fsp3) is 0.389. The Morgan fingerprint density at radius 1 is 1.22 bits per heavy atom. The number of carbonyl (C=O) groups excluding carboxylic acids is 1. The molecule has 0 atom stereocenters. The number of ketones is 1. The Morgan fingerprint density at radius 2 is 1.96 bits per heavy atom. The minimum absolute atomic E-state index is 0.0356. The average Bonchev–Trinajstić information content (AvgIpc) is 2.57. The number of hydrogen-bond donors (Lipinski definition) is 0. The van der Waals surface area contributed by atoms with Crippen molar-refractivity contribution in [1.82, 2.24) is 9.55 Å². The molecular weight excluding hydrogens is 290 g/mol. The summed E-state index contributed by atoms with van der Waals surface area (Å²) >= 11 is 0. The second kappa shape index (κ2) is 6.36. The molecule has 1 saturated heterocycles. The van der Waals surface area contributed by atoms with E-state index in [0.717, 1.165) is 37.3 Å². The highest BCUT2D eigenvalue weighted by Gasteiger charge is 2.21. The number of aryl methyl sites for hydroxylation is 1. The molecule has 2 aromatic rings. The molecule has 1 fully saturated rings. The molecule has 0 bridgehead atoms. The Labute approximate surface area is 135 Å². The normalized spacial score (nSPS) is 15.7. The number of pyridine rings is 2. The first-order chi connectivity index (χ1) is 11.0. The van der Waals surface area contributed by atoms with Crippen LogP contribution in [0.1, 0.15) is 41.6 Å². The summed E-state index contributed by atoms with van der Waals surface area (Å²) in [6, 6.07) is 7.54. The average molecular weight is 311 g/mol. The fourth-order valence-corrected chi connectivity index (χ4v) is 3.04. The minimum atomic E-state index is 0.0356. The molecule has 5 nitrogen and oxygen atoms in total. The van der Waals surface area contributed by atoms with E-state index in [0.29, 0.717) is 11.5 Å². The predicted molar refractivity (Wildman–Crippen MR) is 90.1 cm³/mol. The molecule has 0 amide bonds. The van der Waals surface area contributed by atoms with Gasteiger partial charge in [0.25, 0.3) is 5.56 Å². The number of Topliss-reactive ketones (excluding diaryl/α,β-unsaturated/α-hetero) is 1. The Kier molecular flexibility index (Phi) is 4.28. The van der Waals surface area contributed by atoms with Gasteiger partial charge in [-0.1, -0.05) is 0 Å². The van der Waals surface area contributed by atoms with Crippen molar-refractivity contribution in [3.63, 3.8) is 0 Å². The zero-order chi connectivity index (χ0) is 16.4. The molecule has 120 valence electrons. The predicted octanol–water partition coefficient (Wildman–Crippen LogP) is 2.37. The summed E-state index contributed by atoms with van der Waals surface area (Å²) in [6.07, 6.45) is 5.49. The van der Waals surface area contributed by atoms with Crippen LogP contribution in [-0.2, 0) is 7.05 Å². The second-order valence-electron chi connectivity index (χ2n) is 6.13. The lowest BCUT2D eigenvalue weighted by Gasteiger charge is -2.33. The summed E-state index contributed by atoms with van der Waals surface area (Å²) in [7, 11) is 1.77. The van der Waals surface area contributed by atoms with Gasteiger partial charge in [-0.3, -0.25) is 9.59 Å². The number of hydrogen-bond acceptors (Lipinski definition) is 4. The molecule has 1 aliphatic heterocycles. The van der Waals surface area contributed by atoms with Crippen molar-refractivity contribution in [2.24, 2.45) is 7.05 Å². The van der Waals surface area contributed by atoms with E-state index in [1.165, 1.54) is 0 Å². The van der Waals surface area contributed by atoms with Gasteiger partial charge >= 0.3 is 0 Å². The monoisotopic (exact) mass is 311 g/mol. The van der Waals surface area contributed by atoms with Crippen LogP contribution < -0.4 is 10.5 Å². The van der Waals surface area contributed by atoms with Crippen LogP contribution in [-0.4, -0.2) is 28.4 Å². The molecule has 0 unspecified atom stereocenters. The number of rotatable bonds is 3. The lowest BCUT2D eigenvalue weighted by molar-refractivity contribution is 0.101. The highest BCUT2D eigenvalue weighted by atomic mass is 16.1. The van der Waals surface area contributed by atoms with Gasteiger partial charge < -0.3 is 9.47 Å². The maximum atomic E-state index is 11.8. The van der Waals surface area contributed by atoms with Crippen molar-refractivity contribution in [2.45, 2.75) is 25.7 Å². The summed E-state index contributed by atoms with van der Waals surface area (Å²) in [5.41, 5.74) is 1.82. The van der Waals surface area contributed by atoms with Crippen LogP contribution >= 0.6 is 0 Å². The summed E-state index contributed by atoms with van der Waals surface area (Å²) in [4.78, 5) is 29.7. The van der Waals surface area contributed by atoms with Gasteiger partial charge in [-0.05, 0) is 49.4 Å². The van der Waals surface area contributed by atoms with E-state index in [1.54, 1.807) is 30.8 Å². The first-order valence-electron chi connectivity index (χ1n) is 7.93. The van der Waals surface area contributed by atoms with Gasteiger partial charge in [-0.2, -0.15) is 0 Å². The molecule has 0 spiro atoms. The number of aromatic nitrogens is 2. The van der Waals surface area contributed by atoms with E-state index in [-0.39, 0.29) is 11.3 Å². The zero-order valence-corrected chi connectivity index (χ0v) is 13.5. The van der Waals surface area contributed by atoms with Gasteiger partial charge in [-0.15, -0.1) is 0 Å². The molecule has 3 heterocycles. The van der Waals surface area contributed by atoms with Crippen LogP contribution in [0.15, 0.2) is 41.5 Å². The topological polar surface area (TPSA) is 55.2 Å². The Morgan fingerprint density at radius 3 is 2.52 bits per heavy atom. The molecule has 5 heteroatoms. The Hall–Kier alpha value is -2.43.